The van der Waals surface area contributed by atoms with Crippen LogP contribution in [-0.2, 0) is 0 Å². The van der Waals surface area contributed by atoms with E-state index in [-0.39, 0.29) is 5.69 Å². The van der Waals surface area contributed by atoms with E-state index < -0.39 is 11.5 Å². The molecule has 1 amide bonds. The number of rotatable bonds is 1. The maximum absolute atomic E-state index is 11.2. The van der Waals surface area contributed by atoms with Gasteiger partial charge in [0.2, 0.25) is 0 Å². The lowest BCUT2D eigenvalue weighted by Crippen LogP contribution is -2.35. The minimum atomic E-state index is -0.718. The second-order valence-electron chi connectivity index (χ2n) is 2.56. The smallest absolute Gasteiger partial charge is 0.283 e. The van der Waals surface area contributed by atoms with E-state index in [4.69, 9.17) is 11.6 Å². The molecule has 0 radical (unpaired) electrons. The number of carbonyl (C=O) groups is 1. The molecule has 0 atom stereocenters. The number of pyridine rings is 1. The number of aromatic nitrogens is 1. The Morgan fingerprint density at radius 2 is 2.15 bits per heavy atom. The lowest BCUT2D eigenvalue weighted by Gasteiger charge is -2.07. The van der Waals surface area contributed by atoms with Crippen LogP contribution < -0.4 is 17.1 Å². The van der Waals surface area contributed by atoms with Crippen LogP contribution >= 0.6 is 15.9 Å². The molecule has 0 aliphatic heterocycles. The Bertz CT molecular complexity index is 424. The Morgan fingerprint density at radius 1 is 1.62 bits per heavy atom. The molecule has 1 rings (SSSR count). The Kier molecular flexibility index (Phi) is 2.42. The van der Waals surface area contributed by atoms with Crippen molar-refractivity contribution < 1.29 is 4.79 Å². The zero-order valence-corrected chi connectivity index (χ0v) is 8.46. The van der Waals surface area contributed by atoms with Crippen LogP contribution in [0.25, 0.3) is 0 Å². The molecular weight excluding hydrogens is 238 g/mol. The van der Waals surface area contributed by atoms with E-state index in [1.165, 1.54) is 6.07 Å². The number of amides is 1. The first-order chi connectivity index (χ1) is 5.95. The lowest BCUT2D eigenvalue weighted by molar-refractivity contribution is 0.0991. The molecule has 0 aliphatic carbocycles. The second kappa shape index (κ2) is 3.21. The molecule has 0 fully saturated rings. The van der Waals surface area contributed by atoms with Gasteiger partial charge in [-0.05, 0) is 34.5 Å². The number of nitrogen functional groups attached to an aromatic ring is 1. The molecule has 4 N–H and O–H groups in total. The van der Waals surface area contributed by atoms with E-state index >= 15 is 0 Å². The molecule has 5 nitrogen and oxygen atoms in total. The maximum atomic E-state index is 11.2. The molecule has 6 heteroatoms. The number of aryl methyl sites for hydroxylation is 1. The molecule has 1 aromatic rings. The highest BCUT2D eigenvalue weighted by Crippen LogP contribution is 2.09. The third-order valence-corrected chi connectivity index (χ3v) is 2.18. The average molecular weight is 246 g/mol. The zero-order valence-electron chi connectivity index (χ0n) is 6.87. The van der Waals surface area contributed by atoms with Gasteiger partial charge < -0.3 is 11.6 Å². The molecule has 13 heavy (non-hydrogen) atoms. The normalized spacial score (nSPS) is 10.0. The first-order valence-corrected chi connectivity index (χ1v) is 4.21. The third kappa shape index (κ3) is 1.57. The molecule has 1 aromatic heterocycles. The van der Waals surface area contributed by atoms with E-state index in [9.17, 15) is 9.59 Å². The van der Waals surface area contributed by atoms with Crippen LogP contribution in [0.2, 0.25) is 0 Å². The summed E-state index contributed by atoms with van der Waals surface area (Å²) >= 11 is 3.01. The van der Waals surface area contributed by atoms with Crippen LogP contribution in [0.3, 0.4) is 0 Å². The number of carbonyl (C=O) groups excluding carboxylic acids is 1. The van der Waals surface area contributed by atoms with Gasteiger partial charge in [0, 0.05) is 0 Å². The van der Waals surface area contributed by atoms with Crippen LogP contribution in [0.4, 0.5) is 0 Å². The third-order valence-electron chi connectivity index (χ3n) is 1.61. The predicted molar refractivity (Wildman–Crippen MR) is 51.8 cm³/mol. The van der Waals surface area contributed by atoms with Gasteiger partial charge in [-0.15, -0.1) is 0 Å². The van der Waals surface area contributed by atoms with Gasteiger partial charge in [0.15, 0.2) is 0 Å². The summed E-state index contributed by atoms with van der Waals surface area (Å²) in [6, 6.07) is 1.51. The Balaban J connectivity index is 3.63. The topological polar surface area (TPSA) is 91.1 Å². The van der Waals surface area contributed by atoms with Crippen LogP contribution in [0.5, 0.6) is 0 Å². The fraction of sp³-hybridized carbons (Fsp3) is 0.143. The minimum absolute atomic E-state index is 0.0215. The zero-order chi connectivity index (χ0) is 10.2. The Hall–Kier alpha value is -1.30. The number of nitrogens with two attached hydrogens (primary N) is 2. The van der Waals surface area contributed by atoms with E-state index in [1.807, 2.05) is 0 Å². The molecular formula is C7H8BrN3O2. The lowest BCUT2D eigenvalue weighted by atomic mass is 10.2. The highest BCUT2D eigenvalue weighted by Gasteiger charge is 2.12. The number of hydrogen-bond donors (Lipinski definition) is 2. The maximum Gasteiger partial charge on any atom is 0.283 e. The summed E-state index contributed by atoms with van der Waals surface area (Å²) in [4.78, 5) is 22.1. The highest BCUT2D eigenvalue weighted by molar-refractivity contribution is 9.10. The van der Waals surface area contributed by atoms with Gasteiger partial charge >= 0.3 is 0 Å². The van der Waals surface area contributed by atoms with Crippen LogP contribution in [-0.4, -0.2) is 10.6 Å². The van der Waals surface area contributed by atoms with Crippen molar-refractivity contribution in [3.05, 3.63) is 32.2 Å². The SMILES string of the molecule is Cc1cc(Br)c(=O)n(N)c1C(N)=O. The van der Waals surface area contributed by atoms with Crippen molar-refractivity contribution in [3.8, 4) is 0 Å². The van der Waals surface area contributed by atoms with Gasteiger partial charge in [0.05, 0.1) is 4.47 Å². The fourth-order valence-electron chi connectivity index (χ4n) is 1.04. The predicted octanol–water partition coefficient (Wildman–Crippen LogP) is -0.268. The number of nitrogens with zero attached hydrogens (tertiary/aromatic N) is 1. The summed E-state index contributed by atoms with van der Waals surface area (Å²) in [5.41, 5.74) is 5.13. The summed E-state index contributed by atoms with van der Waals surface area (Å²) in [6.45, 7) is 1.65. The van der Waals surface area contributed by atoms with E-state index in [0.717, 1.165) is 4.68 Å². The summed E-state index contributed by atoms with van der Waals surface area (Å²) in [5.74, 6) is 4.64. The van der Waals surface area contributed by atoms with Gasteiger partial charge in [-0.1, -0.05) is 0 Å². The van der Waals surface area contributed by atoms with Crippen LogP contribution in [0.15, 0.2) is 15.3 Å². The largest absolute Gasteiger partial charge is 0.364 e. The van der Waals surface area contributed by atoms with Crippen LogP contribution in [0, 0.1) is 6.92 Å². The van der Waals surface area contributed by atoms with Crippen molar-refractivity contribution in [2.75, 3.05) is 5.84 Å². The number of halogens is 1. The molecule has 0 saturated carbocycles. The van der Waals surface area contributed by atoms with Crippen LogP contribution in [0.1, 0.15) is 16.1 Å². The van der Waals surface area contributed by atoms with Crippen molar-refractivity contribution in [3.63, 3.8) is 0 Å². The van der Waals surface area contributed by atoms with Crippen molar-refractivity contribution in [2.45, 2.75) is 6.92 Å². The molecule has 0 aliphatic rings. The molecule has 0 saturated heterocycles. The number of primary amides is 1. The number of hydrogen-bond acceptors (Lipinski definition) is 3. The average Bonchev–Trinajstić information content (AvgIpc) is 1.99. The van der Waals surface area contributed by atoms with E-state index in [1.54, 1.807) is 6.92 Å². The van der Waals surface area contributed by atoms with Crippen molar-refractivity contribution in [2.24, 2.45) is 5.73 Å². The summed E-state index contributed by atoms with van der Waals surface area (Å²) in [6.07, 6.45) is 0. The minimum Gasteiger partial charge on any atom is -0.364 e. The quantitative estimate of drug-likeness (QED) is 0.668. The Labute approximate surface area is 82.4 Å². The van der Waals surface area contributed by atoms with Crippen molar-refractivity contribution >= 4 is 21.8 Å². The molecule has 70 valence electrons. The molecule has 0 unspecified atom stereocenters. The summed E-state index contributed by atoms with van der Waals surface area (Å²) < 4.78 is 1.04. The van der Waals surface area contributed by atoms with Crippen molar-refractivity contribution in [1.82, 2.24) is 4.68 Å². The first kappa shape index (κ1) is 9.79. The Morgan fingerprint density at radius 3 is 2.62 bits per heavy atom. The molecule has 0 spiro atoms. The van der Waals surface area contributed by atoms with Gasteiger partial charge in [-0.3, -0.25) is 9.59 Å². The monoisotopic (exact) mass is 245 g/mol. The van der Waals surface area contributed by atoms with Crippen molar-refractivity contribution in [1.29, 1.82) is 0 Å². The second-order valence-corrected chi connectivity index (χ2v) is 3.42. The summed E-state index contributed by atoms with van der Waals surface area (Å²) in [5, 5.41) is 0. The van der Waals surface area contributed by atoms with Gasteiger partial charge in [-0.2, -0.15) is 0 Å². The van der Waals surface area contributed by atoms with E-state index in [0.29, 0.717) is 10.0 Å². The van der Waals surface area contributed by atoms with Gasteiger partial charge in [0.25, 0.3) is 11.5 Å². The first-order valence-electron chi connectivity index (χ1n) is 3.42. The molecule has 0 bridgehead atoms. The van der Waals surface area contributed by atoms with Gasteiger partial charge in [0.1, 0.15) is 5.69 Å². The summed E-state index contributed by atoms with van der Waals surface area (Å²) in [7, 11) is 0. The standard InChI is InChI=1S/C7H8BrN3O2/c1-3-2-4(8)7(13)11(10)5(3)6(9)12/h2H,10H2,1H3,(H2,9,12). The fourth-order valence-corrected chi connectivity index (χ4v) is 1.57. The highest BCUT2D eigenvalue weighted by atomic mass is 79.9. The van der Waals surface area contributed by atoms with E-state index in [2.05, 4.69) is 15.9 Å². The molecule has 0 aromatic carbocycles. The molecule has 1 heterocycles. The van der Waals surface area contributed by atoms with Gasteiger partial charge in [-0.25, -0.2) is 4.68 Å².